The maximum atomic E-state index is 10.7. The van der Waals surface area contributed by atoms with E-state index in [2.05, 4.69) is 16.8 Å². The van der Waals surface area contributed by atoms with E-state index in [-0.39, 0.29) is 12.8 Å². The average molecular weight is 256 g/mol. The molecule has 6 heteroatoms. The van der Waals surface area contributed by atoms with Crippen molar-refractivity contribution >= 4 is 17.8 Å². The summed E-state index contributed by atoms with van der Waals surface area (Å²) in [6.45, 7) is 3.78. The number of amides is 2. The van der Waals surface area contributed by atoms with Gasteiger partial charge in [0.2, 0.25) is 0 Å². The first-order valence-corrected chi connectivity index (χ1v) is 6.23. The van der Waals surface area contributed by atoms with Crippen molar-refractivity contribution in [3.63, 3.8) is 0 Å². The third-order valence-electron chi connectivity index (χ3n) is 2.81. The molecule has 0 bridgehead atoms. The lowest BCUT2D eigenvalue weighted by atomic mass is 10.1. The Bertz CT molecular complexity index is 308. The quantitative estimate of drug-likeness (QED) is 0.647. The summed E-state index contributed by atoms with van der Waals surface area (Å²) < 4.78 is 0. The minimum absolute atomic E-state index is 0.131. The van der Waals surface area contributed by atoms with Gasteiger partial charge in [-0.15, -0.1) is 5.06 Å². The van der Waals surface area contributed by atoms with Crippen molar-refractivity contribution in [2.24, 2.45) is 0 Å². The van der Waals surface area contributed by atoms with Crippen molar-refractivity contribution in [3.8, 4) is 0 Å². The molecule has 18 heavy (non-hydrogen) atoms. The molecule has 2 fully saturated rings. The van der Waals surface area contributed by atoms with E-state index in [4.69, 9.17) is 0 Å². The lowest BCUT2D eigenvalue weighted by molar-refractivity contribution is -0.195. The molecule has 2 amide bonds. The van der Waals surface area contributed by atoms with E-state index >= 15 is 0 Å². The summed E-state index contributed by atoms with van der Waals surface area (Å²) in [5.74, 6) is -1.57. The van der Waals surface area contributed by atoms with E-state index in [0.29, 0.717) is 5.06 Å². The van der Waals surface area contributed by atoms with Crippen molar-refractivity contribution in [2.45, 2.75) is 39.0 Å². The number of hydrogen-bond donors (Lipinski definition) is 0. The second-order valence-corrected chi connectivity index (χ2v) is 4.53. The van der Waals surface area contributed by atoms with Gasteiger partial charge in [-0.25, -0.2) is 4.79 Å². The van der Waals surface area contributed by atoms with Crippen LogP contribution in [0, 0.1) is 0 Å². The van der Waals surface area contributed by atoms with E-state index in [1.54, 1.807) is 0 Å². The van der Waals surface area contributed by atoms with Gasteiger partial charge in [-0.1, -0.05) is 6.42 Å². The zero-order valence-electron chi connectivity index (χ0n) is 11.0. The Labute approximate surface area is 107 Å². The van der Waals surface area contributed by atoms with Gasteiger partial charge in [-0.2, -0.15) is 0 Å². The Morgan fingerprint density at radius 2 is 1.56 bits per heavy atom. The van der Waals surface area contributed by atoms with Crippen LogP contribution in [0.2, 0.25) is 0 Å². The smallest absolute Gasteiger partial charge is 0.330 e. The number of likely N-dealkylation sites (tertiary alicyclic amines) is 1. The van der Waals surface area contributed by atoms with Crippen LogP contribution in [0.25, 0.3) is 0 Å². The highest BCUT2D eigenvalue weighted by molar-refractivity contribution is 6.01. The predicted octanol–water partition coefficient (Wildman–Crippen LogP) is 0.716. The maximum Gasteiger partial charge on any atom is 0.330 e. The molecule has 2 heterocycles. The van der Waals surface area contributed by atoms with Crippen molar-refractivity contribution in [2.75, 3.05) is 20.1 Å². The summed E-state index contributed by atoms with van der Waals surface area (Å²) in [4.78, 5) is 38.5. The summed E-state index contributed by atoms with van der Waals surface area (Å²) >= 11 is 0. The molecule has 0 radical (unpaired) electrons. The van der Waals surface area contributed by atoms with Gasteiger partial charge in [0.1, 0.15) is 0 Å². The highest BCUT2D eigenvalue weighted by atomic mass is 16.7. The molecule has 6 nitrogen and oxygen atoms in total. The molecule has 0 saturated carbocycles. The largest absolute Gasteiger partial charge is 0.331 e. The van der Waals surface area contributed by atoms with Crippen LogP contribution in [0.1, 0.15) is 39.0 Å². The molecule has 0 aromatic rings. The van der Waals surface area contributed by atoms with Gasteiger partial charge >= 0.3 is 5.97 Å². The predicted molar refractivity (Wildman–Crippen MR) is 64.2 cm³/mol. The maximum absolute atomic E-state index is 10.7. The number of hydrogen-bond acceptors (Lipinski definition) is 5. The molecule has 0 spiro atoms. The Morgan fingerprint density at radius 1 is 1.06 bits per heavy atom. The van der Waals surface area contributed by atoms with Gasteiger partial charge in [-0.05, 0) is 33.0 Å². The molecular formula is C12H20N2O4. The fourth-order valence-corrected chi connectivity index (χ4v) is 1.84. The van der Waals surface area contributed by atoms with Gasteiger partial charge in [0.25, 0.3) is 11.8 Å². The Morgan fingerprint density at radius 3 is 1.89 bits per heavy atom. The van der Waals surface area contributed by atoms with E-state index in [1.165, 1.54) is 32.4 Å². The zero-order chi connectivity index (χ0) is 13.5. The zero-order valence-corrected chi connectivity index (χ0v) is 11.0. The number of rotatable bonds is 1. The van der Waals surface area contributed by atoms with Crippen molar-refractivity contribution < 1.29 is 19.2 Å². The highest BCUT2D eigenvalue weighted by Crippen LogP contribution is 2.11. The van der Waals surface area contributed by atoms with Crippen molar-refractivity contribution in [1.29, 1.82) is 0 Å². The third kappa shape index (κ3) is 4.83. The number of hydroxylamine groups is 2. The average Bonchev–Trinajstić information content (AvgIpc) is 2.62. The van der Waals surface area contributed by atoms with Crippen LogP contribution in [-0.2, 0) is 19.2 Å². The number of imide groups is 1. The van der Waals surface area contributed by atoms with Crippen LogP contribution in [0.15, 0.2) is 0 Å². The van der Waals surface area contributed by atoms with Crippen LogP contribution >= 0.6 is 0 Å². The normalized spacial score (nSPS) is 20.4. The number of nitrogens with zero attached hydrogens (tertiary/aromatic N) is 2. The van der Waals surface area contributed by atoms with Crippen LogP contribution in [-0.4, -0.2) is 47.9 Å². The van der Waals surface area contributed by atoms with Gasteiger partial charge in [0.05, 0.1) is 0 Å². The first kappa shape index (κ1) is 14.6. The Hall–Kier alpha value is -1.43. The molecule has 0 unspecified atom stereocenters. The van der Waals surface area contributed by atoms with Gasteiger partial charge < -0.3 is 9.74 Å². The number of carbonyl (C=O) groups is 3. The van der Waals surface area contributed by atoms with Crippen LogP contribution in [0.5, 0.6) is 0 Å². The van der Waals surface area contributed by atoms with E-state index in [9.17, 15) is 14.4 Å². The molecule has 102 valence electrons. The molecule has 2 rings (SSSR count). The minimum atomic E-state index is -0.659. The molecule has 2 aliphatic heterocycles. The fourth-order valence-electron chi connectivity index (χ4n) is 1.84. The third-order valence-corrected chi connectivity index (χ3v) is 2.81. The first-order chi connectivity index (χ1) is 8.50. The van der Waals surface area contributed by atoms with Crippen molar-refractivity contribution in [1.82, 2.24) is 9.96 Å². The Kier molecular flexibility index (Phi) is 5.77. The molecule has 0 aromatic heterocycles. The van der Waals surface area contributed by atoms with Crippen LogP contribution in [0.4, 0.5) is 0 Å². The molecule has 0 aliphatic carbocycles. The molecule has 2 aliphatic rings. The lowest BCUT2D eigenvalue weighted by Crippen LogP contribution is -2.30. The second kappa shape index (κ2) is 7.10. The Balaban J connectivity index is 0.000000199. The van der Waals surface area contributed by atoms with E-state index in [1.807, 2.05) is 0 Å². The summed E-state index contributed by atoms with van der Waals surface area (Å²) in [5.41, 5.74) is 0. The van der Waals surface area contributed by atoms with Gasteiger partial charge in [0, 0.05) is 19.8 Å². The van der Waals surface area contributed by atoms with Gasteiger partial charge in [0.15, 0.2) is 0 Å². The number of piperidine rings is 1. The van der Waals surface area contributed by atoms with Crippen LogP contribution in [0.3, 0.4) is 0 Å². The fraction of sp³-hybridized carbons (Fsp3) is 0.750. The topological polar surface area (TPSA) is 66.9 Å². The molecule has 0 aromatic carbocycles. The SMILES string of the molecule is CC(=O)ON1C(=O)CCC1=O.CN1CCCCC1. The van der Waals surface area contributed by atoms with Crippen molar-refractivity contribution in [3.05, 3.63) is 0 Å². The standard InChI is InChI=1S/C6H7NO4.C6H13N/c1-4(8)11-7-5(9)2-3-6(7)10;1-7-5-3-2-4-6-7/h2-3H2,1H3;2-6H2,1H3. The highest BCUT2D eigenvalue weighted by Gasteiger charge is 2.31. The second-order valence-electron chi connectivity index (χ2n) is 4.53. The summed E-state index contributed by atoms with van der Waals surface area (Å²) in [6.07, 6.45) is 4.54. The minimum Gasteiger partial charge on any atom is -0.331 e. The van der Waals surface area contributed by atoms with E-state index in [0.717, 1.165) is 6.92 Å². The molecule has 2 saturated heterocycles. The molecule has 0 atom stereocenters. The van der Waals surface area contributed by atoms with Gasteiger partial charge in [-0.3, -0.25) is 9.59 Å². The summed E-state index contributed by atoms with van der Waals surface area (Å²) in [7, 11) is 2.19. The monoisotopic (exact) mass is 256 g/mol. The summed E-state index contributed by atoms with van der Waals surface area (Å²) in [5, 5.41) is 0.516. The summed E-state index contributed by atoms with van der Waals surface area (Å²) in [6, 6.07) is 0. The molecule has 0 N–H and O–H groups in total. The lowest BCUT2D eigenvalue weighted by Gasteiger charge is -2.20. The van der Waals surface area contributed by atoms with Crippen LogP contribution < -0.4 is 0 Å². The molecular weight excluding hydrogens is 236 g/mol. The van der Waals surface area contributed by atoms with E-state index < -0.39 is 17.8 Å². The number of carbonyl (C=O) groups excluding carboxylic acids is 3. The first-order valence-electron chi connectivity index (χ1n) is 6.23.